The fourth-order valence-electron chi connectivity index (χ4n) is 10.3. The molecule has 0 radical (unpaired) electrons. The smallest absolute Gasteiger partial charge is 0.421 e. The van der Waals surface area contributed by atoms with E-state index in [1.807, 2.05) is 89.8 Å². The Morgan fingerprint density at radius 3 is 2.36 bits per heavy atom. The van der Waals surface area contributed by atoms with Crippen LogP contribution in [0.2, 0.25) is 0 Å². The Bertz CT molecular complexity index is 2700. The molecule has 3 amide bonds. The molecular weight excluding hydrogens is 849 g/mol. The van der Waals surface area contributed by atoms with Gasteiger partial charge in [0.25, 0.3) is 0 Å². The Hall–Kier alpha value is -7.11. The first kappa shape index (κ1) is 45.1. The van der Waals surface area contributed by atoms with Crippen molar-refractivity contribution >= 4 is 29.6 Å². The predicted octanol–water partition coefficient (Wildman–Crippen LogP) is 7.11. The molecule has 342 valence electrons. The van der Waals surface area contributed by atoms with E-state index in [0.29, 0.717) is 34.4 Å². The maximum atomic E-state index is 16.4. The summed E-state index contributed by atoms with van der Waals surface area (Å²) in [5, 5.41) is 13.2. The molecule has 9 rings (SSSR count). The van der Waals surface area contributed by atoms with E-state index in [4.69, 9.17) is 18.9 Å². The first-order valence-electron chi connectivity index (χ1n) is 22.8. The van der Waals surface area contributed by atoms with Crippen LogP contribution in [-0.4, -0.2) is 85.0 Å². The zero-order valence-corrected chi connectivity index (χ0v) is 37.2. The highest BCUT2D eigenvalue weighted by atomic mass is 16.6. The van der Waals surface area contributed by atoms with Gasteiger partial charge in [-0.3, -0.25) is 24.3 Å². The third kappa shape index (κ3) is 8.60. The molecule has 67 heavy (non-hydrogen) atoms. The lowest BCUT2D eigenvalue weighted by Gasteiger charge is -2.46. The summed E-state index contributed by atoms with van der Waals surface area (Å²) in [7, 11) is 1.47. The number of para-hydroxylation sites is 1. The summed E-state index contributed by atoms with van der Waals surface area (Å²) in [5.41, 5.74) is 2.62. The molecule has 1 aromatic heterocycles. The van der Waals surface area contributed by atoms with Crippen LogP contribution in [0.4, 0.5) is 10.5 Å². The molecule has 3 aliphatic heterocycles. The van der Waals surface area contributed by atoms with Gasteiger partial charge in [-0.25, -0.2) is 9.69 Å². The number of anilines is 1. The minimum Gasteiger partial charge on any atom is -0.491 e. The summed E-state index contributed by atoms with van der Waals surface area (Å²) in [6, 6.07) is 33.4. The van der Waals surface area contributed by atoms with Crippen molar-refractivity contribution in [3.05, 3.63) is 173 Å². The highest BCUT2D eigenvalue weighted by Gasteiger charge is 2.76. The number of cyclic esters (lactones) is 1. The van der Waals surface area contributed by atoms with Crippen molar-refractivity contribution in [3.8, 4) is 17.6 Å². The van der Waals surface area contributed by atoms with Crippen LogP contribution in [0.15, 0.2) is 139 Å². The van der Waals surface area contributed by atoms with Crippen LogP contribution in [0, 0.1) is 17.8 Å². The van der Waals surface area contributed by atoms with E-state index in [1.54, 1.807) is 42.6 Å². The Labute approximate surface area is 389 Å². The molecular formula is C54H52N4O9. The number of allylic oxidation sites excluding steroid dienone is 2. The number of nitrogens with one attached hydrogen (secondary N) is 1. The highest BCUT2D eigenvalue weighted by molar-refractivity contribution is 6.23. The minimum atomic E-state index is -2.05. The number of pyridine rings is 1. The maximum absolute atomic E-state index is 16.4. The monoisotopic (exact) mass is 900 g/mol. The van der Waals surface area contributed by atoms with Gasteiger partial charge >= 0.3 is 12.1 Å². The van der Waals surface area contributed by atoms with Gasteiger partial charge in [-0.05, 0) is 84.3 Å². The molecule has 1 aliphatic carbocycles. The number of carbonyl (C=O) groups excluding carboxylic acids is 4. The molecule has 0 saturated carbocycles. The number of benzene rings is 4. The second-order valence-electron chi connectivity index (χ2n) is 16.9. The molecule has 1 spiro atoms. The van der Waals surface area contributed by atoms with Gasteiger partial charge in [0.15, 0.2) is 0 Å². The fourth-order valence-corrected chi connectivity index (χ4v) is 10.3. The molecule has 2 N–H and O–H groups in total. The average molecular weight is 901 g/mol. The lowest BCUT2D eigenvalue weighted by molar-refractivity contribution is -0.178. The Kier molecular flexibility index (Phi) is 13.6. The summed E-state index contributed by atoms with van der Waals surface area (Å²) >= 11 is 0. The van der Waals surface area contributed by atoms with E-state index < -0.39 is 59.4 Å². The topological polar surface area (TPSA) is 157 Å². The quantitative estimate of drug-likeness (QED) is 0.0706. The molecule has 4 heterocycles. The first-order chi connectivity index (χ1) is 32.9. The van der Waals surface area contributed by atoms with Gasteiger partial charge in [-0.15, -0.1) is 0 Å². The standard InChI is InChI=1S/C54H52N4O9/c1-64-33-34-66-53(63)57-43-27-26-37(25-24-36-15-5-2-6-16-36)35-42(43)54(52(57)62)45(50(60)56-30-28-40-21-13-14-29-55-40)47-51(61)67-48(39-19-9-4-10-20-39)46(38-17-7-3-8-18-38)58(47)49(54)41-22-11-12-23-44(41)65-32-31-59/h3-4,7-15,17-23,26-27,29,35,45-49,59H,2,5-6,16,28,30-34H2,1H3,(H,56,60). The fraction of sp³-hybridized carbons (Fsp3) is 0.315. The zero-order chi connectivity index (χ0) is 46.3. The molecule has 13 heteroatoms. The SMILES string of the molecule is COCCOC(=O)N1C(=O)C2(c3cc(C#CC4=CCCCC4)ccc31)C(C(=O)NCCc1ccccn1)C1C(=O)OC(c3ccccc3)C(c3ccccc3)N1C2c1ccccc1OCCO. The Morgan fingerprint density at radius 2 is 1.63 bits per heavy atom. The zero-order valence-electron chi connectivity index (χ0n) is 37.2. The van der Waals surface area contributed by atoms with Crippen LogP contribution in [0.3, 0.4) is 0 Å². The van der Waals surface area contributed by atoms with Crippen molar-refractivity contribution in [1.82, 2.24) is 15.2 Å². The molecule has 13 nitrogen and oxygen atoms in total. The summed E-state index contributed by atoms with van der Waals surface area (Å²) < 4.78 is 23.8. The molecule has 6 atom stereocenters. The second-order valence-corrected chi connectivity index (χ2v) is 16.9. The molecule has 2 saturated heterocycles. The van der Waals surface area contributed by atoms with Crippen molar-refractivity contribution in [3.63, 3.8) is 0 Å². The van der Waals surface area contributed by atoms with E-state index >= 15 is 14.4 Å². The number of imide groups is 1. The Balaban J connectivity index is 1.34. The number of methoxy groups -OCH3 is 1. The summed E-state index contributed by atoms with van der Waals surface area (Å²) in [6.07, 6.45) is 6.17. The number of ether oxygens (including phenoxy) is 4. The number of hydrogen-bond donors (Lipinski definition) is 2. The number of amides is 3. The average Bonchev–Trinajstić information content (AvgIpc) is 3.82. The lowest BCUT2D eigenvalue weighted by atomic mass is 9.65. The van der Waals surface area contributed by atoms with Crippen molar-refractivity contribution < 1.29 is 43.2 Å². The molecule has 0 bridgehead atoms. The number of aromatic nitrogens is 1. The van der Waals surface area contributed by atoms with Crippen LogP contribution >= 0.6 is 0 Å². The van der Waals surface area contributed by atoms with Gasteiger partial charge < -0.3 is 29.4 Å². The summed E-state index contributed by atoms with van der Waals surface area (Å²) in [5.74, 6) is 3.36. The maximum Gasteiger partial charge on any atom is 0.421 e. The van der Waals surface area contributed by atoms with Crippen LogP contribution < -0.4 is 15.0 Å². The van der Waals surface area contributed by atoms with E-state index in [1.165, 1.54) is 7.11 Å². The largest absolute Gasteiger partial charge is 0.491 e. The van der Waals surface area contributed by atoms with Gasteiger partial charge in [0.2, 0.25) is 11.8 Å². The number of rotatable bonds is 13. The number of hydrogen-bond acceptors (Lipinski definition) is 11. The molecule has 4 aliphatic rings. The molecule has 4 aromatic carbocycles. The predicted molar refractivity (Wildman–Crippen MR) is 249 cm³/mol. The van der Waals surface area contributed by atoms with E-state index in [9.17, 15) is 9.90 Å². The van der Waals surface area contributed by atoms with Gasteiger partial charge in [0, 0.05) is 43.1 Å². The number of nitrogens with zero attached hydrogens (tertiary/aromatic N) is 3. The van der Waals surface area contributed by atoms with Crippen LogP contribution in [0.1, 0.15) is 77.4 Å². The normalized spacial score (nSPS) is 23.0. The lowest BCUT2D eigenvalue weighted by Crippen LogP contribution is -2.56. The van der Waals surface area contributed by atoms with Gasteiger partial charge in [-0.1, -0.05) is 103 Å². The van der Waals surface area contributed by atoms with Crippen molar-refractivity contribution in [2.24, 2.45) is 5.92 Å². The molecule has 2 fully saturated rings. The van der Waals surface area contributed by atoms with Crippen molar-refractivity contribution in [2.45, 2.75) is 61.7 Å². The number of carbonyl (C=O) groups is 4. The summed E-state index contributed by atoms with van der Waals surface area (Å²) in [4.78, 5) is 69.5. The van der Waals surface area contributed by atoms with E-state index in [0.717, 1.165) is 47.4 Å². The Morgan fingerprint density at radius 1 is 0.866 bits per heavy atom. The number of morpholine rings is 1. The second kappa shape index (κ2) is 20.2. The molecule has 6 unspecified atom stereocenters. The molecule has 5 aromatic rings. The van der Waals surface area contributed by atoms with Gasteiger partial charge in [0.1, 0.15) is 36.5 Å². The highest BCUT2D eigenvalue weighted by Crippen LogP contribution is 2.66. The number of aliphatic hydroxyl groups excluding tert-OH is 1. The van der Waals surface area contributed by atoms with E-state index in [2.05, 4.69) is 28.2 Å². The van der Waals surface area contributed by atoms with Gasteiger partial charge in [-0.2, -0.15) is 0 Å². The number of fused-ring (bicyclic) bond motifs is 3. The van der Waals surface area contributed by atoms with Crippen LogP contribution in [0.5, 0.6) is 5.75 Å². The first-order valence-corrected chi connectivity index (χ1v) is 22.8. The van der Waals surface area contributed by atoms with E-state index in [-0.39, 0.29) is 38.7 Å². The van der Waals surface area contributed by atoms with Crippen LogP contribution in [0.25, 0.3) is 0 Å². The number of aliphatic hydroxyl groups is 1. The number of esters is 1. The summed E-state index contributed by atoms with van der Waals surface area (Å²) in [6.45, 7) is -0.378. The third-order valence-corrected chi connectivity index (χ3v) is 13.1. The van der Waals surface area contributed by atoms with Crippen molar-refractivity contribution in [1.29, 1.82) is 0 Å². The van der Waals surface area contributed by atoms with Crippen LogP contribution in [-0.2, 0) is 40.4 Å². The van der Waals surface area contributed by atoms with Crippen molar-refractivity contribution in [2.75, 3.05) is 45.0 Å². The third-order valence-electron chi connectivity index (χ3n) is 13.1. The van der Waals surface area contributed by atoms with Gasteiger partial charge in [0.05, 0.1) is 36.9 Å². The minimum absolute atomic E-state index is 0.0664.